The lowest BCUT2D eigenvalue weighted by Crippen LogP contribution is -2.32. The lowest BCUT2D eigenvalue weighted by atomic mass is 10.1. The van der Waals surface area contributed by atoms with E-state index in [2.05, 4.69) is 10.0 Å². The van der Waals surface area contributed by atoms with Gasteiger partial charge >= 0.3 is 5.97 Å². The summed E-state index contributed by atoms with van der Waals surface area (Å²) in [6.45, 7) is -1.21. The Morgan fingerprint density at radius 3 is 2.38 bits per heavy atom. The molecule has 1 amide bonds. The molecule has 0 bridgehead atoms. The van der Waals surface area contributed by atoms with Crippen molar-refractivity contribution in [2.24, 2.45) is 0 Å². The van der Waals surface area contributed by atoms with E-state index in [4.69, 9.17) is 14.2 Å². The van der Waals surface area contributed by atoms with E-state index in [-0.39, 0.29) is 4.90 Å². The number of anilines is 1. The molecule has 0 aromatic heterocycles. The van der Waals surface area contributed by atoms with E-state index in [9.17, 15) is 18.0 Å². The summed E-state index contributed by atoms with van der Waals surface area (Å²) in [6, 6.07) is 16.7. The van der Waals surface area contributed by atoms with Crippen molar-refractivity contribution in [3.63, 3.8) is 0 Å². The molecule has 168 valence electrons. The van der Waals surface area contributed by atoms with Gasteiger partial charge in [0, 0.05) is 6.07 Å². The Morgan fingerprint density at radius 1 is 0.906 bits per heavy atom. The van der Waals surface area contributed by atoms with Gasteiger partial charge in [-0.1, -0.05) is 30.3 Å². The monoisotopic (exact) mass is 458 g/mol. The predicted molar refractivity (Wildman–Crippen MR) is 118 cm³/mol. The third kappa shape index (κ3) is 5.74. The predicted octanol–water partition coefficient (Wildman–Crippen LogP) is 2.32. The van der Waals surface area contributed by atoms with Crippen molar-refractivity contribution in [1.29, 1.82) is 0 Å². The molecule has 0 aliphatic rings. The zero-order valence-electron chi connectivity index (χ0n) is 17.5. The largest absolute Gasteiger partial charge is 0.497 e. The van der Waals surface area contributed by atoms with E-state index in [0.29, 0.717) is 17.2 Å². The van der Waals surface area contributed by atoms with E-state index in [1.165, 1.54) is 26.4 Å². The third-order valence-corrected chi connectivity index (χ3v) is 5.88. The lowest BCUT2D eigenvalue weighted by molar-refractivity contribution is -0.146. The quantitative estimate of drug-likeness (QED) is 0.472. The van der Waals surface area contributed by atoms with Crippen LogP contribution < -0.4 is 19.5 Å². The molecule has 0 radical (unpaired) electrons. The first-order valence-electron chi connectivity index (χ1n) is 9.48. The number of nitrogens with one attached hydrogen (secondary N) is 2. The summed E-state index contributed by atoms with van der Waals surface area (Å²) in [7, 11) is -0.992. The highest BCUT2D eigenvalue weighted by molar-refractivity contribution is 7.89. The number of carbonyl (C=O) groups excluding carboxylic acids is 2. The molecular formula is C22H22N2O7S. The first-order chi connectivity index (χ1) is 15.3. The van der Waals surface area contributed by atoms with Crippen molar-refractivity contribution in [1.82, 2.24) is 4.72 Å². The van der Waals surface area contributed by atoms with Crippen LogP contribution in [0.5, 0.6) is 11.5 Å². The second kappa shape index (κ2) is 10.1. The molecule has 10 heteroatoms. The van der Waals surface area contributed by atoms with E-state index in [1.807, 2.05) is 12.1 Å². The van der Waals surface area contributed by atoms with Crippen LogP contribution in [0, 0.1) is 0 Å². The van der Waals surface area contributed by atoms with Crippen LogP contribution in [-0.2, 0) is 24.3 Å². The Balaban J connectivity index is 1.52. The minimum absolute atomic E-state index is 0.0216. The van der Waals surface area contributed by atoms with Crippen molar-refractivity contribution in [3.8, 4) is 11.5 Å². The topological polar surface area (TPSA) is 120 Å². The smallest absolute Gasteiger partial charge is 0.321 e. The maximum Gasteiger partial charge on any atom is 0.321 e. The zero-order chi connectivity index (χ0) is 23.1. The number of esters is 1. The number of fused-ring (bicyclic) bond motifs is 1. The van der Waals surface area contributed by atoms with Crippen LogP contribution >= 0.6 is 0 Å². The molecule has 0 unspecified atom stereocenters. The SMILES string of the molecule is COc1ccc(NC(=O)COC(=O)CNS(=O)(=O)c2ccc3ccccc3c2)c(OC)c1. The fourth-order valence-corrected chi connectivity index (χ4v) is 3.86. The van der Waals surface area contributed by atoms with Gasteiger partial charge in [0.05, 0.1) is 24.8 Å². The van der Waals surface area contributed by atoms with Crippen molar-refractivity contribution < 1.29 is 32.2 Å². The number of rotatable bonds is 9. The summed E-state index contributed by atoms with van der Waals surface area (Å²) in [5, 5.41) is 4.20. The molecule has 0 heterocycles. The van der Waals surface area contributed by atoms with Crippen LogP contribution in [0.3, 0.4) is 0 Å². The Labute approximate surface area is 185 Å². The lowest BCUT2D eigenvalue weighted by Gasteiger charge is -2.12. The van der Waals surface area contributed by atoms with Gasteiger partial charge in [-0.25, -0.2) is 8.42 Å². The van der Waals surface area contributed by atoms with Gasteiger partial charge in [0.1, 0.15) is 18.0 Å². The fraction of sp³-hybridized carbons (Fsp3) is 0.182. The standard InChI is InChI=1S/C22H22N2O7S/c1-29-17-8-10-19(20(12-17)30-2)24-21(25)14-31-22(26)13-23-32(27,28)18-9-7-15-5-3-4-6-16(15)11-18/h3-12,23H,13-14H2,1-2H3,(H,24,25). The first-order valence-corrected chi connectivity index (χ1v) is 11.0. The minimum Gasteiger partial charge on any atom is -0.497 e. The Hall–Kier alpha value is -3.63. The van der Waals surface area contributed by atoms with Gasteiger partial charge in [0.15, 0.2) is 6.61 Å². The van der Waals surface area contributed by atoms with Crippen molar-refractivity contribution >= 4 is 38.4 Å². The summed E-state index contributed by atoms with van der Waals surface area (Å²) < 4.78 is 42.2. The van der Waals surface area contributed by atoms with Gasteiger partial charge in [-0.15, -0.1) is 0 Å². The van der Waals surface area contributed by atoms with Gasteiger partial charge in [-0.05, 0) is 35.0 Å². The third-order valence-electron chi connectivity index (χ3n) is 4.48. The van der Waals surface area contributed by atoms with Crippen LogP contribution in [0.2, 0.25) is 0 Å². The summed E-state index contributed by atoms with van der Waals surface area (Å²) >= 11 is 0. The number of hydrogen-bond acceptors (Lipinski definition) is 7. The molecule has 3 aromatic rings. The summed E-state index contributed by atoms with van der Waals surface area (Å²) in [6.07, 6.45) is 0. The molecule has 9 nitrogen and oxygen atoms in total. The van der Waals surface area contributed by atoms with Crippen LogP contribution in [0.25, 0.3) is 10.8 Å². The number of carbonyl (C=O) groups is 2. The zero-order valence-corrected chi connectivity index (χ0v) is 18.3. The van der Waals surface area contributed by atoms with Crippen molar-refractivity contribution in [3.05, 3.63) is 60.7 Å². The average molecular weight is 458 g/mol. The molecule has 3 aromatic carbocycles. The normalized spacial score (nSPS) is 11.1. The molecule has 2 N–H and O–H groups in total. The van der Waals surface area contributed by atoms with Crippen LogP contribution in [0.1, 0.15) is 0 Å². The average Bonchev–Trinajstić information content (AvgIpc) is 2.81. The number of methoxy groups -OCH3 is 2. The molecule has 3 rings (SSSR count). The van der Waals surface area contributed by atoms with Gasteiger partial charge in [-0.3, -0.25) is 9.59 Å². The summed E-state index contributed by atoms with van der Waals surface area (Å²) in [5.41, 5.74) is 0.367. The Morgan fingerprint density at radius 2 is 1.66 bits per heavy atom. The molecule has 0 aliphatic heterocycles. The highest BCUT2D eigenvalue weighted by Crippen LogP contribution is 2.28. The van der Waals surface area contributed by atoms with E-state index in [0.717, 1.165) is 10.8 Å². The van der Waals surface area contributed by atoms with E-state index >= 15 is 0 Å². The molecule has 32 heavy (non-hydrogen) atoms. The van der Waals surface area contributed by atoms with Crippen LogP contribution in [-0.4, -0.2) is 47.7 Å². The molecule has 0 saturated carbocycles. The van der Waals surface area contributed by atoms with Crippen LogP contribution in [0.4, 0.5) is 5.69 Å². The number of ether oxygens (including phenoxy) is 3. The molecule has 0 fully saturated rings. The molecule has 0 saturated heterocycles. The van der Waals surface area contributed by atoms with Gasteiger partial charge in [0.25, 0.3) is 5.91 Å². The highest BCUT2D eigenvalue weighted by Gasteiger charge is 2.17. The fourth-order valence-electron chi connectivity index (χ4n) is 2.86. The number of sulfonamides is 1. The van der Waals surface area contributed by atoms with E-state index < -0.39 is 35.1 Å². The molecule has 0 aliphatic carbocycles. The summed E-state index contributed by atoms with van der Waals surface area (Å²) in [5.74, 6) is -0.595. The minimum atomic E-state index is -3.93. The second-order valence-electron chi connectivity index (χ2n) is 6.61. The van der Waals surface area contributed by atoms with Gasteiger partial charge in [0.2, 0.25) is 10.0 Å². The number of hydrogen-bond donors (Lipinski definition) is 2. The van der Waals surface area contributed by atoms with Gasteiger partial charge < -0.3 is 19.5 Å². The Bertz CT molecular complexity index is 1240. The molecule has 0 spiro atoms. The first kappa shape index (κ1) is 23.0. The Kier molecular flexibility index (Phi) is 7.29. The number of amides is 1. The maximum absolute atomic E-state index is 12.5. The van der Waals surface area contributed by atoms with Crippen molar-refractivity contribution in [2.45, 2.75) is 4.90 Å². The second-order valence-corrected chi connectivity index (χ2v) is 8.38. The number of benzene rings is 3. The highest BCUT2D eigenvalue weighted by atomic mass is 32.2. The van der Waals surface area contributed by atoms with Gasteiger partial charge in [-0.2, -0.15) is 4.72 Å². The molecule has 0 atom stereocenters. The van der Waals surface area contributed by atoms with Crippen LogP contribution in [0.15, 0.2) is 65.6 Å². The maximum atomic E-state index is 12.5. The summed E-state index contributed by atoms with van der Waals surface area (Å²) in [4.78, 5) is 24.0. The van der Waals surface area contributed by atoms with Crippen molar-refractivity contribution in [2.75, 3.05) is 32.7 Å². The molecular weight excluding hydrogens is 436 g/mol. The van der Waals surface area contributed by atoms with E-state index in [1.54, 1.807) is 36.4 Å².